The van der Waals surface area contributed by atoms with Gasteiger partial charge in [-0.1, -0.05) is 58.4 Å². The minimum Gasteiger partial charge on any atom is -0.507 e. The van der Waals surface area contributed by atoms with Crippen LogP contribution in [0, 0.1) is 6.92 Å². The molecule has 1 N–H and O–H groups in total. The van der Waals surface area contributed by atoms with Crippen LogP contribution in [-0.2, 0) is 20.9 Å². The third-order valence-corrected chi connectivity index (χ3v) is 7.66. The van der Waals surface area contributed by atoms with Crippen LogP contribution in [0.4, 0.5) is 0 Å². The molecule has 2 fully saturated rings. The quantitative estimate of drug-likeness (QED) is 0.224. The summed E-state index contributed by atoms with van der Waals surface area (Å²) in [6.07, 6.45) is 0. The van der Waals surface area contributed by atoms with Crippen molar-refractivity contribution in [2.75, 3.05) is 39.4 Å². The molecule has 1 amide bonds. The second-order valence-electron chi connectivity index (χ2n) is 9.75. The minimum absolute atomic E-state index is 0.0983. The normalized spacial score (nSPS) is 19.4. The number of ether oxygens (including phenoxy) is 2. The molecule has 2 saturated heterocycles. The smallest absolute Gasteiger partial charge is 0.295 e. The Kier molecular flexibility index (Phi) is 8.45. The second kappa shape index (κ2) is 12.2. The Morgan fingerprint density at radius 1 is 1.00 bits per heavy atom. The molecule has 0 spiro atoms. The molecular weight excluding hydrogens is 560 g/mol. The van der Waals surface area contributed by atoms with E-state index in [4.69, 9.17) is 9.47 Å². The first-order valence-electron chi connectivity index (χ1n) is 13.0. The summed E-state index contributed by atoms with van der Waals surface area (Å²) in [7, 11) is 0. The van der Waals surface area contributed by atoms with Crippen LogP contribution in [0.15, 0.2) is 82.8 Å². The molecule has 39 heavy (non-hydrogen) atoms. The van der Waals surface area contributed by atoms with Gasteiger partial charge in [0.05, 0.1) is 24.8 Å². The standard InChI is InChI=1S/C31H31BrN2O5/c1-21-18-25(39-20-22-6-3-2-4-7-22)10-11-26(21)29(35)27-28(23-8-5-9-24(32)19-23)34(31(37)30(27)36)13-12-33-14-16-38-17-15-33/h2-11,18-19,28,35H,12-17,20H2,1H3/b29-27+/t28-/m1/s1. The van der Waals surface area contributed by atoms with Gasteiger partial charge in [-0.3, -0.25) is 14.5 Å². The molecule has 8 heteroatoms. The first kappa shape index (κ1) is 27.1. The maximum Gasteiger partial charge on any atom is 0.295 e. The van der Waals surface area contributed by atoms with Crippen LogP contribution in [-0.4, -0.2) is 66.0 Å². The van der Waals surface area contributed by atoms with E-state index in [-0.39, 0.29) is 11.3 Å². The molecule has 0 aromatic heterocycles. The Hall–Kier alpha value is -3.46. The number of aliphatic hydroxyl groups is 1. The summed E-state index contributed by atoms with van der Waals surface area (Å²) in [6, 6.07) is 22.0. The highest BCUT2D eigenvalue weighted by atomic mass is 79.9. The zero-order chi connectivity index (χ0) is 27.4. The van der Waals surface area contributed by atoms with E-state index in [2.05, 4.69) is 20.8 Å². The van der Waals surface area contributed by atoms with Crippen molar-refractivity contribution < 1.29 is 24.2 Å². The summed E-state index contributed by atoms with van der Waals surface area (Å²) >= 11 is 3.51. The maximum absolute atomic E-state index is 13.4. The van der Waals surface area contributed by atoms with Gasteiger partial charge in [0.25, 0.3) is 11.7 Å². The number of hydrogen-bond donors (Lipinski definition) is 1. The number of Topliss-reactive ketones (excluding diaryl/α,β-unsaturated/α-hetero) is 1. The Bertz CT molecular complexity index is 1380. The van der Waals surface area contributed by atoms with E-state index >= 15 is 0 Å². The number of ketones is 1. The van der Waals surface area contributed by atoms with Gasteiger partial charge in [0.15, 0.2) is 0 Å². The SMILES string of the molecule is Cc1cc(OCc2ccccc2)ccc1/C(O)=C1\C(=O)C(=O)N(CCN2CCOCC2)[C@@H]1c1cccc(Br)c1. The molecule has 2 aliphatic heterocycles. The van der Waals surface area contributed by atoms with E-state index in [1.54, 1.807) is 17.0 Å². The average molecular weight is 592 g/mol. The number of rotatable bonds is 8. The van der Waals surface area contributed by atoms with E-state index < -0.39 is 17.7 Å². The highest BCUT2D eigenvalue weighted by Crippen LogP contribution is 2.40. The number of benzene rings is 3. The fraction of sp³-hybridized carbons (Fsp3) is 0.290. The number of hydrogen-bond acceptors (Lipinski definition) is 6. The zero-order valence-electron chi connectivity index (χ0n) is 21.8. The first-order chi connectivity index (χ1) is 18.9. The summed E-state index contributed by atoms with van der Waals surface area (Å²) in [5.41, 5.74) is 3.14. The summed E-state index contributed by atoms with van der Waals surface area (Å²) in [5.74, 6) is -0.805. The van der Waals surface area contributed by atoms with E-state index in [1.165, 1.54) is 0 Å². The summed E-state index contributed by atoms with van der Waals surface area (Å²) in [6.45, 7) is 6.12. The van der Waals surface area contributed by atoms with E-state index in [9.17, 15) is 14.7 Å². The highest BCUT2D eigenvalue weighted by Gasteiger charge is 2.46. The van der Waals surface area contributed by atoms with Crippen molar-refractivity contribution in [2.24, 2.45) is 0 Å². The summed E-state index contributed by atoms with van der Waals surface area (Å²) < 4.78 is 12.2. The molecule has 0 radical (unpaired) electrons. The van der Waals surface area contributed by atoms with Crippen molar-refractivity contribution in [2.45, 2.75) is 19.6 Å². The molecule has 2 heterocycles. The number of morpholine rings is 1. The molecule has 3 aromatic rings. The van der Waals surface area contributed by atoms with Crippen LogP contribution in [0.3, 0.4) is 0 Å². The summed E-state index contributed by atoms with van der Waals surface area (Å²) in [4.78, 5) is 30.5. The van der Waals surface area contributed by atoms with Crippen LogP contribution >= 0.6 is 15.9 Å². The van der Waals surface area contributed by atoms with Crippen LogP contribution < -0.4 is 4.74 Å². The molecule has 2 aliphatic rings. The number of carbonyl (C=O) groups is 2. The Morgan fingerprint density at radius 3 is 2.49 bits per heavy atom. The van der Waals surface area contributed by atoms with Crippen LogP contribution in [0.1, 0.15) is 28.3 Å². The largest absolute Gasteiger partial charge is 0.507 e. The molecule has 5 rings (SSSR count). The molecule has 1 atom stereocenters. The third-order valence-electron chi connectivity index (χ3n) is 7.17. The predicted molar refractivity (Wildman–Crippen MR) is 152 cm³/mol. The van der Waals surface area contributed by atoms with Gasteiger partial charge >= 0.3 is 0 Å². The van der Waals surface area contributed by atoms with Gasteiger partial charge in [-0.2, -0.15) is 0 Å². The van der Waals surface area contributed by atoms with Gasteiger partial charge in [-0.15, -0.1) is 0 Å². The molecule has 3 aromatic carbocycles. The number of aliphatic hydroxyl groups excluding tert-OH is 1. The van der Waals surface area contributed by atoms with Gasteiger partial charge in [0.2, 0.25) is 0 Å². The molecule has 0 saturated carbocycles. The number of likely N-dealkylation sites (tertiary alicyclic amines) is 1. The minimum atomic E-state index is -0.697. The predicted octanol–water partition coefficient (Wildman–Crippen LogP) is 5.09. The van der Waals surface area contributed by atoms with Crippen molar-refractivity contribution in [3.8, 4) is 5.75 Å². The molecule has 0 aliphatic carbocycles. The molecule has 0 unspecified atom stereocenters. The van der Waals surface area contributed by atoms with Gasteiger partial charge in [-0.05, 0) is 53.9 Å². The van der Waals surface area contributed by atoms with E-state index in [0.717, 1.165) is 34.3 Å². The van der Waals surface area contributed by atoms with Crippen molar-refractivity contribution in [1.82, 2.24) is 9.80 Å². The van der Waals surface area contributed by atoms with E-state index in [0.29, 0.717) is 44.2 Å². The lowest BCUT2D eigenvalue weighted by atomic mass is 9.94. The topological polar surface area (TPSA) is 79.3 Å². The first-order valence-corrected chi connectivity index (χ1v) is 13.8. The zero-order valence-corrected chi connectivity index (χ0v) is 23.4. The van der Waals surface area contributed by atoms with Gasteiger partial charge < -0.3 is 19.5 Å². The van der Waals surface area contributed by atoms with Crippen molar-refractivity contribution in [3.63, 3.8) is 0 Å². The molecular formula is C31H31BrN2O5. The third kappa shape index (κ3) is 6.08. The van der Waals surface area contributed by atoms with Gasteiger partial charge in [0.1, 0.15) is 18.1 Å². The van der Waals surface area contributed by atoms with Gasteiger partial charge in [0, 0.05) is 36.2 Å². The van der Waals surface area contributed by atoms with Gasteiger partial charge in [-0.25, -0.2) is 0 Å². The Balaban J connectivity index is 1.46. The lowest BCUT2D eigenvalue weighted by molar-refractivity contribution is -0.140. The molecule has 7 nitrogen and oxygen atoms in total. The number of nitrogens with zero attached hydrogens (tertiary/aromatic N) is 2. The van der Waals surface area contributed by atoms with Crippen molar-refractivity contribution in [1.29, 1.82) is 0 Å². The fourth-order valence-corrected chi connectivity index (χ4v) is 5.50. The lowest BCUT2D eigenvalue weighted by Gasteiger charge is -2.31. The van der Waals surface area contributed by atoms with Crippen LogP contribution in [0.25, 0.3) is 5.76 Å². The Morgan fingerprint density at radius 2 is 1.77 bits per heavy atom. The second-order valence-corrected chi connectivity index (χ2v) is 10.7. The van der Waals surface area contributed by atoms with E-state index in [1.807, 2.05) is 67.6 Å². The van der Waals surface area contributed by atoms with Crippen molar-refractivity contribution >= 4 is 33.4 Å². The van der Waals surface area contributed by atoms with Crippen molar-refractivity contribution in [3.05, 3.63) is 105 Å². The monoisotopic (exact) mass is 590 g/mol. The lowest BCUT2D eigenvalue weighted by Crippen LogP contribution is -2.42. The fourth-order valence-electron chi connectivity index (χ4n) is 5.09. The van der Waals surface area contributed by atoms with Crippen LogP contribution in [0.2, 0.25) is 0 Å². The number of amides is 1. The number of halogens is 1. The van der Waals surface area contributed by atoms with Crippen LogP contribution in [0.5, 0.6) is 5.75 Å². The summed E-state index contributed by atoms with van der Waals surface area (Å²) in [5, 5.41) is 11.5. The highest BCUT2D eigenvalue weighted by molar-refractivity contribution is 9.10. The maximum atomic E-state index is 13.4. The number of aryl methyl sites for hydroxylation is 1. The molecule has 202 valence electrons. The average Bonchev–Trinajstić information content (AvgIpc) is 3.21. The number of carbonyl (C=O) groups excluding carboxylic acids is 2. The molecule has 0 bridgehead atoms. The Labute approximate surface area is 236 Å².